The average Bonchev–Trinajstić information content (AvgIpc) is 2.26. The molecule has 0 aromatic carbocycles. The predicted molar refractivity (Wildman–Crippen MR) is 71.9 cm³/mol. The summed E-state index contributed by atoms with van der Waals surface area (Å²) in [6.45, 7) is 10.3. The smallest absolute Gasteiger partial charge is 0.0174 e. The van der Waals surface area contributed by atoms with Crippen LogP contribution in [-0.4, -0.2) is 37.6 Å². The quantitative estimate of drug-likeness (QED) is 0.773. The second-order valence-electron chi connectivity index (χ2n) is 5.18. The van der Waals surface area contributed by atoms with Crippen LogP contribution in [0.3, 0.4) is 0 Å². The Morgan fingerprint density at radius 3 is 3.00 bits per heavy atom. The first kappa shape index (κ1) is 14.0. The van der Waals surface area contributed by atoms with Gasteiger partial charge in [0.2, 0.25) is 0 Å². The molecule has 1 fully saturated rings. The summed E-state index contributed by atoms with van der Waals surface area (Å²) >= 11 is 5.56. The van der Waals surface area contributed by atoms with Crippen molar-refractivity contribution in [3.8, 4) is 0 Å². The Labute approximate surface area is 105 Å². The van der Waals surface area contributed by atoms with Gasteiger partial charge in [-0.3, -0.25) is 4.90 Å². The van der Waals surface area contributed by atoms with E-state index in [1.165, 1.54) is 32.5 Å². The molecule has 2 nitrogen and oxygen atoms in total. The maximum atomic E-state index is 5.56. The predicted octanol–water partition coefficient (Wildman–Crippen LogP) is 2.70. The third-order valence-electron chi connectivity index (χ3n) is 3.04. The van der Waals surface area contributed by atoms with Gasteiger partial charge in [-0.25, -0.2) is 0 Å². The van der Waals surface area contributed by atoms with Gasteiger partial charge in [0.1, 0.15) is 0 Å². The zero-order valence-corrected chi connectivity index (χ0v) is 11.3. The normalized spacial score (nSPS) is 23.4. The van der Waals surface area contributed by atoms with Crippen LogP contribution in [0.1, 0.15) is 26.7 Å². The molecule has 0 bridgehead atoms. The number of hydrogen-bond donors (Lipinski definition) is 1. The van der Waals surface area contributed by atoms with Crippen LogP contribution in [-0.2, 0) is 0 Å². The van der Waals surface area contributed by atoms with Crippen molar-refractivity contribution in [2.75, 3.05) is 32.7 Å². The van der Waals surface area contributed by atoms with Crippen molar-refractivity contribution in [2.24, 2.45) is 11.8 Å². The fourth-order valence-electron chi connectivity index (χ4n) is 2.25. The molecule has 1 aliphatic rings. The largest absolute Gasteiger partial charge is 0.316 e. The maximum absolute atomic E-state index is 5.56. The van der Waals surface area contributed by atoms with E-state index in [2.05, 4.69) is 24.1 Å². The van der Waals surface area contributed by atoms with Crippen LogP contribution in [0.5, 0.6) is 0 Å². The number of nitrogens with zero attached hydrogens (tertiary/aromatic N) is 1. The van der Waals surface area contributed by atoms with E-state index >= 15 is 0 Å². The SMILES string of the molecule is CC(C)CNCC1CCCN(CC=CCl)C1. The van der Waals surface area contributed by atoms with Gasteiger partial charge in [-0.05, 0) is 44.3 Å². The van der Waals surface area contributed by atoms with Crippen molar-refractivity contribution >= 4 is 11.6 Å². The standard InChI is InChI=1S/C13H25ClN2/c1-12(2)9-15-10-13-5-3-7-16(11-13)8-4-6-14/h4,6,12-13,15H,3,5,7-11H2,1-2H3. The molecule has 1 N–H and O–H groups in total. The van der Waals surface area contributed by atoms with Crippen LogP contribution in [0.25, 0.3) is 0 Å². The third-order valence-corrected chi connectivity index (χ3v) is 3.22. The van der Waals surface area contributed by atoms with Gasteiger partial charge in [0.25, 0.3) is 0 Å². The van der Waals surface area contributed by atoms with Crippen molar-refractivity contribution in [2.45, 2.75) is 26.7 Å². The summed E-state index contributed by atoms with van der Waals surface area (Å²) in [5, 5.41) is 3.56. The van der Waals surface area contributed by atoms with Crippen molar-refractivity contribution < 1.29 is 0 Å². The fourth-order valence-corrected chi connectivity index (χ4v) is 2.33. The number of halogens is 1. The van der Waals surface area contributed by atoms with Crippen LogP contribution < -0.4 is 5.32 Å². The number of likely N-dealkylation sites (tertiary alicyclic amines) is 1. The van der Waals surface area contributed by atoms with Crippen molar-refractivity contribution in [1.29, 1.82) is 0 Å². The molecule has 1 saturated heterocycles. The molecule has 0 radical (unpaired) electrons. The molecular weight excluding hydrogens is 220 g/mol. The summed E-state index contributed by atoms with van der Waals surface area (Å²) in [6.07, 6.45) is 4.72. The molecule has 1 heterocycles. The lowest BCUT2D eigenvalue weighted by Gasteiger charge is -2.32. The van der Waals surface area contributed by atoms with E-state index in [1.807, 2.05) is 6.08 Å². The van der Waals surface area contributed by atoms with Gasteiger partial charge in [0.15, 0.2) is 0 Å². The summed E-state index contributed by atoms with van der Waals surface area (Å²) in [6, 6.07) is 0. The molecule has 0 amide bonds. The zero-order chi connectivity index (χ0) is 11.8. The summed E-state index contributed by atoms with van der Waals surface area (Å²) in [4.78, 5) is 2.49. The summed E-state index contributed by atoms with van der Waals surface area (Å²) in [5.74, 6) is 1.56. The fraction of sp³-hybridized carbons (Fsp3) is 0.846. The second-order valence-corrected chi connectivity index (χ2v) is 5.43. The third kappa shape index (κ3) is 5.88. The van der Waals surface area contributed by atoms with Gasteiger partial charge in [-0.15, -0.1) is 0 Å². The summed E-state index contributed by atoms with van der Waals surface area (Å²) < 4.78 is 0. The Balaban J connectivity index is 2.17. The van der Waals surface area contributed by atoms with Crippen molar-refractivity contribution in [3.63, 3.8) is 0 Å². The molecule has 94 valence electrons. The van der Waals surface area contributed by atoms with Gasteiger partial charge < -0.3 is 5.32 Å². The minimum absolute atomic E-state index is 0.749. The Hall–Kier alpha value is -0.0500. The molecule has 0 aliphatic carbocycles. The van der Waals surface area contributed by atoms with E-state index in [0.717, 1.165) is 24.9 Å². The highest BCUT2D eigenvalue weighted by Crippen LogP contribution is 2.15. The Kier molecular flexibility index (Phi) is 7.10. The molecule has 0 saturated carbocycles. The molecule has 1 rings (SSSR count). The van der Waals surface area contributed by atoms with E-state index in [4.69, 9.17) is 11.6 Å². The van der Waals surface area contributed by atoms with Crippen molar-refractivity contribution in [1.82, 2.24) is 10.2 Å². The number of rotatable bonds is 6. The van der Waals surface area contributed by atoms with Gasteiger partial charge in [-0.1, -0.05) is 31.5 Å². The van der Waals surface area contributed by atoms with Crippen LogP contribution in [0.15, 0.2) is 11.6 Å². The van der Waals surface area contributed by atoms with Crippen LogP contribution in [0.2, 0.25) is 0 Å². The minimum atomic E-state index is 0.749. The topological polar surface area (TPSA) is 15.3 Å². The summed E-state index contributed by atoms with van der Waals surface area (Å²) in [7, 11) is 0. The highest BCUT2D eigenvalue weighted by Gasteiger charge is 2.18. The Morgan fingerprint density at radius 2 is 2.31 bits per heavy atom. The minimum Gasteiger partial charge on any atom is -0.316 e. The van der Waals surface area contributed by atoms with E-state index in [1.54, 1.807) is 5.54 Å². The van der Waals surface area contributed by atoms with E-state index in [-0.39, 0.29) is 0 Å². The van der Waals surface area contributed by atoms with Gasteiger partial charge >= 0.3 is 0 Å². The highest BCUT2D eigenvalue weighted by atomic mass is 35.5. The molecule has 1 unspecified atom stereocenters. The second kappa shape index (κ2) is 8.10. The molecule has 1 atom stereocenters. The van der Waals surface area contributed by atoms with E-state index in [9.17, 15) is 0 Å². The molecule has 0 spiro atoms. The lowest BCUT2D eigenvalue weighted by atomic mass is 9.98. The average molecular weight is 245 g/mol. The lowest BCUT2D eigenvalue weighted by molar-refractivity contribution is 0.187. The molecule has 16 heavy (non-hydrogen) atoms. The molecular formula is C13H25ClN2. The van der Waals surface area contributed by atoms with Gasteiger partial charge in [0, 0.05) is 18.6 Å². The molecule has 0 aromatic heterocycles. The zero-order valence-electron chi connectivity index (χ0n) is 10.6. The van der Waals surface area contributed by atoms with Gasteiger partial charge in [-0.2, -0.15) is 0 Å². The van der Waals surface area contributed by atoms with Crippen LogP contribution in [0, 0.1) is 11.8 Å². The molecule has 0 aromatic rings. The van der Waals surface area contributed by atoms with Crippen molar-refractivity contribution in [3.05, 3.63) is 11.6 Å². The maximum Gasteiger partial charge on any atom is 0.0174 e. The first-order valence-corrected chi connectivity index (χ1v) is 6.84. The number of nitrogens with one attached hydrogen (secondary N) is 1. The monoisotopic (exact) mass is 244 g/mol. The van der Waals surface area contributed by atoms with Crippen LogP contribution in [0.4, 0.5) is 0 Å². The highest BCUT2D eigenvalue weighted by molar-refractivity contribution is 6.25. The summed E-state index contributed by atoms with van der Waals surface area (Å²) in [5.41, 5.74) is 1.63. The Morgan fingerprint density at radius 1 is 1.50 bits per heavy atom. The Bertz CT molecular complexity index is 204. The van der Waals surface area contributed by atoms with Crippen LogP contribution >= 0.6 is 11.6 Å². The number of hydrogen-bond acceptors (Lipinski definition) is 2. The van der Waals surface area contributed by atoms with E-state index in [0.29, 0.717) is 0 Å². The van der Waals surface area contributed by atoms with E-state index < -0.39 is 0 Å². The number of piperidine rings is 1. The lowest BCUT2D eigenvalue weighted by Crippen LogP contribution is -2.40. The molecule has 1 aliphatic heterocycles. The molecule has 3 heteroatoms. The van der Waals surface area contributed by atoms with Gasteiger partial charge in [0.05, 0.1) is 0 Å². The first-order valence-electron chi connectivity index (χ1n) is 6.40. The first-order chi connectivity index (χ1) is 7.72.